The Bertz CT molecular complexity index is 400. The van der Waals surface area contributed by atoms with Crippen molar-refractivity contribution in [2.75, 3.05) is 13.2 Å². The maximum absolute atomic E-state index is 11.2. The van der Waals surface area contributed by atoms with Gasteiger partial charge in [-0.2, -0.15) is 0 Å². The molecule has 1 aromatic rings. The van der Waals surface area contributed by atoms with E-state index in [2.05, 4.69) is 4.74 Å². The van der Waals surface area contributed by atoms with E-state index in [1.54, 1.807) is 6.08 Å². The van der Waals surface area contributed by atoms with Crippen molar-refractivity contribution in [1.29, 1.82) is 0 Å². The fourth-order valence-electron chi connectivity index (χ4n) is 1.06. The molecule has 5 nitrogen and oxygen atoms in total. The summed E-state index contributed by atoms with van der Waals surface area (Å²) in [5, 5.41) is 0. The van der Waals surface area contributed by atoms with Gasteiger partial charge in [-0.25, -0.2) is 9.59 Å². The number of rotatable bonds is 5. The van der Waals surface area contributed by atoms with Crippen LogP contribution in [0.1, 0.15) is 5.56 Å². The van der Waals surface area contributed by atoms with Gasteiger partial charge < -0.3 is 15.2 Å². The highest BCUT2D eigenvalue weighted by atomic mass is 16.6. The van der Waals surface area contributed by atoms with Crippen LogP contribution >= 0.6 is 0 Å². The highest BCUT2D eigenvalue weighted by Crippen LogP contribution is 2.00. The molecule has 0 heterocycles. The standard InChI is InChI=1S/C12H13NO4/c13-12(15)17-9-8-16-11(14)7-6-10-4-2-1-3-5-10/h1-7H,8-9H2,(H2,13,15)/b7-6+. The van der Waals surface area contributed by atoms with E-state index in [4.69, 9.17) is 10.5 Å². The number of hydrogen-bond donors (Lipinski definition) is 1. The summed E-state index contributed by atoms with van der Waals surface area (Å²) in [6, 6.07) is 9.34. The number of hydrogen-bond acceptors (Lipinski definition) is 4. The summed E-state index contributed by atoms with van der Waals surface area (Å²) in [7, 11) is 0. The monoisotopic (exact) mass is 235 g/mol. The molecule has 0 aliphatic rings. The van der Waals surface area contributed by atoms with Gasteiger partial charge in [0.05, 0.1) is 0 Å². The van der Waals surface area contributed by atoms with Crippen LogP contribution in [0.2, 0.25) is 0 Å². The number of nitrogens with two attached hydrogens (primary N) is 1. The lowest BCUT2D eigenvalue weighted by molar-refractivity contribution is -0.138. The van der Waals surface area contributed by atoms with Crippen molar-refractivity contribution in [3.05, 3.63) is 42.0 Å². The number of ether oxygens (including phenoxy) is 2. The van der Waals surface area contributed by atoms with Gasteiger partial charge in [-0.15, -0.1) is 0 Å². The normalized spacial score (nSPS) is 10.1. The van der Waals surface area contributed by atoms with Gasteiger partial charge in [-0.05, 0) is 11.6 Å². The molecule has 0 bridgehead atoms. The first kappa shape index (κ1) is 12.8. The molecular formula is C12H13NO4. The summed E-state index contributed by atoms with van der Waals surface area (Å²) >= 11 is 0. The topological polar surface area (TPSA) is 78.6 Å². The van der Waals surface area contributed by atoms with Gasteiger partial charge in [-0.3, -0.25) is 0 Å². The highest BCUT2D eigenvalue weighted by molar-refractivity contribution is 5.87. The lowest BCUT2D eigenvalue weighted by Crippen LogP contribution is -2.17. The third-order valence-electron chi connectivity index (χ3n) is 1.78. The van der Waals surface area contributed by atoms with Crippen molar-refractivity contribution in [3.8, 4) is 0 Å². The minimum Gasteiger partial charge on any atom is -0.459 e. The van der Waals surface area contributed by atoms with Crippen LogP contribution in [-0.4, -0.2) is 25.3 Å². The Balaban J connectivity index is 2.25. The quantitative estimate of drug-likeness (QED) is 0.474. The highest BCUT2D eigenvalue weighted by Gasteiger charge is 1.98. The van der Waals surface area contributed by atoms with Crippen LogP contribution in [-0.2, 0) is 14.3 Å². The van der Waals surface area contributed by atoms with Crippen molar-refractivity contribution < 1.29 is 19.1 Å². The molecule has 0 unspecified atom stereocenters. The summed E-state index contributed by atoms with van der Waals surface area (Å²) in [5.74, 6) is -0.498. The fraction of sp³-hybridized carbons (Fsp3) is 0.167. The molecule has 17 heavy (non-hydrogen) atoms. The molecule has 5 heteroatoms. The summed E-state index contributed by atoms with van der Waals surface area (Å²) in [4.78, 5) is 21.4. The Labute approximate surface area is 98.8 Å². The summed E-state index contributed by atoms with van der Waals surface area (Å²) in [6.07, 6.45) is 2.05. The second kappa shape index (κ2) is 7.05. The molecule has 0 atom stereocenters. The van der Waals surface area contributed by atoms with Crippen molar-refractivity contribution in [2.45, 2.75) is 0 Å². The van der Waals surface area contributed by atoms with Gasteiger partial charge in [0.15, 0.2) is 0 Å². The van der Waals surface area contributed by atoms with E-state index in [1.807, 2.05) is 30.3 Å². The molecule has 2 N–H and O–H groups in total. The fourth-order valence-corrected chi connectivity index (χ4v) is 1.06. The number of carbonyl (C=O) groups is 2. The van der Waals surface area contributed by atoms with Crippen LogP contribution in [0.3, 0.4) is 0 Å². The first-order valence-corrected chi connectivity index (χ1v) is 5.00. The van der Waals surface area contributed by atoms with Gasteiger partial charge in [-0.1, -0.05) is 30.3 Å². The molecule has 0 aliphatic heterocycles. The molecule has 90 valence electrons. The van der Waals surface area contributed by atoms with Crippen LogP contribution in [0.15, 0.2) is 36.4 Å². The third-order valence-corrected chi connectivity index (χ3v) is 1.78. The van der Waals surface area contributed by atoms with E-state index >= 15 is 0 Å². The zero-order valence-electron chi connectivity index (χ0n) is 9.17. The first-order valence-electron chi connectivity index (χ1n) is 5.00. The second-order valence-electron chi connectivity index (χ2n) is 3.08. The van der Waals surface area contributed by atoms with Crippen molar-refractivity contribution >= 4 is 18.1 Å². The zero-order chi connectivity index (χ0) is 12.5. The van der Waals surface area contributed by atoms with Gasteiger partial charge >= 0.3 is 12.1 Å². The van der Waals surface area contributed by atoms with Gasteiger partial charge in [0.25, 0.3) is 0 Å². The summed E-state index contributed by atoms with van der Waals surface area (Å²) in [6.45, 7) is -0.0544. The molecule has 1 aromatic carbocycles. The molecule has 1 amide bonds. The molecular weight excluding hydrogens is 222 g/mol. The molecule has 0 aliphatic carbocycles. The lowest BCUT2D eigenvalue weighted by Gasteiger charge is -2.01. The van der Waals surface area contributed by atoms with E-state index in [0.29, 0.717) is 0 Å². The molecule has 0 aromatic heterocycles. The Morgan fingerprint density at radius 1 is 1.12 bits per heavy atom. The van der Waals surface area contributed by atoms with E-state index < -0.39 is 12.1 Å². The predicted octanol–water partition coefficient (Wildman–Crippen LogP) is 1.34. The summed E-state index contributed by atoms with van der Waals surface area (Å²) < 4.78 is 9.15. The van der Waals surface area contributed by atoms with E-state index in [0.717, 1.165) is 5.56 Å². The van der Waals surface area contributed by atoms with Crippen LogP contribution in [0.5, 0.6) is 0 Å². The Hall–Kier alpha value is -2.30. The zero-order valence-corrected chi connectivity index (χ0v) is 9.17. The van der Waals surface area contributed by atoms with Crippen LogP contribution in [0, 0.1) is 0 Å². The van der Waals surface area contributed by atoms with E-state index in [9.17, 15) is 9.59 Å². The molecule has 0 fully saturated rings. The molecule has 0 saturated carbocycles. The number of amides is 1. The Morgan fingerprint density at radius 3 is 2.41 bits per heavy atom. The number of carbonyl (C=O) groups excluding carboxylic acids is 2. The van der Waals surface area contributed by atoms with Crippen LogP contribution < -0.4 is 5.73 Å². The number of benzene rings is 1. The SMILES string of the molecule is NC(=O)OCCOC(=O)/C=C/c1ccccc1. The summed E-state index contributed by atoms with van der Waals surface area (Å²) in [5.41, 5.74) is 5.63. The average molecular weight is 235 g/mol. The predicted molar refractivity (Wildman–Crippen MR) is 62.0 cm³/mol. The maximum Gasteiger partial charge on any atom is 0.404 e. The smallest absolute Gasteiger partial charge is 0.404 e. The lowest BCUT2D eigenvalue weighted by atomic mass is 10.2. The minimum atomic E-state index is -0.888. The van der Waals surface area contributed by atoms with Crippen molar-refractivity contribution in [2.24, 2.45) is 5.73 Å². The third kappa shape index (κ3) is 5.99. The van der Waals surface area contributed by atoms with Gasteiger partial charge in [0.1, 0.15) is 13.2 Å². The van der Waals surface area contributed by atoms with Crippen molar-refractivity contribution in [1.82, 2.24) is 0 Å². The van der Waals surface area contributed by atoms with Crippen LogP contribution in [0.25, 0.3) is 6.08 Å². The maximum atomic E-state index is 11.2. The number of esters is 1. The van der Waals surface area contributed by atoms with Crippen molar-refractivity contribution in [3.63, 3.8) is 0 Å². The van der Waals surface area contributed by atoms with E-state index in [1.165, 1.54) is 6.08 Å². The molecule has 0 saturated heterocycles. The molecule has 0 radical (unpaired) electrons. The average Bonchev–Trinajstić information content (AvgIpc) is 2.33. The Morgan fingerprint density at radius 2 is 1.76 bits per heavy atom. The largest absolute Gasteiger partial charge is 0.459 e. The Kier molecular flexibility index (Phi) is 5.30. The molecule has 0 spiro atoms. The van der Waals surface area contributed by atoms with Gasteiger partial charge in [0, 0.05) is 6.08 Å². The number of primary amides is 1. The molecule has 1 rings (SSSR count). The first-order chi connectivity index (χ1) is 8.18. The van der Waals surface area contributed by atoms with Crippen LogP contribution in [0.4, 0.5) is 4.79 Å². The minimum absolute atomic E-state index is 0.0130. The van der Waals surface area contributed by atoms with E-state index in [-0.39, 0.29) is 13.2 Å². The second-order valence-corrected chi connectivity index (χ2v) is 3.08. The van der Waals surface area contributed by atoms with Gasteiger partial charge in [0.2, 0.25) is 0 Å².